The van der Waals surface area contributed by atoms with Crippen molar-refractivity contribution in [1.82, 2.24) is 5.32 Å². The van der Waals surface area contributed by atoms with Gasteiger partial charge in [-0.1, -0.05) is 18.6 Å². The first-order chi connectivity index (χ1) is 7.68. The number of carbonyl (C=O) groups is 1. The molecule has 3 atom stereocenters. The third-order valence-electron chi connectivity index (χ3n) is 3.43. The molecule has 0 aromatic carbocycles. The van der Waals surface area contributed by atoms with Gasteiger partial charge in [0.1, 0.15) is 0 Å². The van der Waals surface area contributed by atoms with E-state index in [9.17, 15) is 4.79 Å². The molecule has 1 saturated carbocycles. The molecule has 16 heavy (non-hydrogen) atoms. The van der Waals surface area contributed by atoms with Crippen molar-refractivity contribution in [2.24, 2.45) is 11.7 Å². The Morgan fingerprint density at radius 1 is 1.31 bits per heavy atom. The Morgan fingerprint density at radius 3 is 2.75 bits per heavy atom. The second-order valence-electron chi connectivity index (χ2n) is 4.56. The van der Waals surface area contributed by atoms with Gasteiger partial charge in [-0.2, -0.15) is 0 Å². The molecule has 2 rings (SSSR count). The largest absolute Gasteiger partial charge is 0.393 e. The van der Waals surface area contributed by atoms with E-state index in [1.807, 2.05) is 0 Å². The molecule has 0 aromatic heterocycles. The second-order valence-corrected chi connectivity index (χ2v) is 6.34. The first-order valence-corrected chi connectivity index (χ1v) is 7.35. The molecule has 3 nitrogen and oxygen atoms in total. The highest BCUT2D eigenvalue weighted by molar-refractivity contribution is 8.00. The van der Waals surface area contributed by atoms with Gasteiger partial charge in [0.25, 0.3) is 0 Å². The van der Waals surface area contributed by atoms with E-state index in [-0.39, 0.29) is 23.1 Å². The van der Waals surface area contributed by atoms with Crippen LogP contribution < -0.4 is 11.1 Å². The van der Waals surface area contributed by atoms with Crippen LogP contribution in [0.2, 0.25) is 0 Å². The van der Waals surface area contributed by atoms with E-state index in [0.717, 1.165) is 37.9 Å². The summed E-state index contributed by atoms with van der Waals surface area (Å²) in [6.07, 6.45) is 5.33. The number of thioether (sulfide) groups is 1. The van der Waals surface area contributed by atoms with Crippen molar-refractivity contribution in [1.29, 1.82) is 0 Å². The van der Waals surface area contributed by atoms with Crippen LogP contribution in [0.25, 0.3) is 0 Å². The minimum atomic E-state index is 0.160. The van der Waals surface area contributed by atoms with Crippen molar-refractivity contribution in [2.45, 2.75) is 43.4 Å². The summed E-state index contributed by atoms with van der Waals surface area (Å²) in [6, 6.07) is 0.186. The van der Waals surface area contributed by atoms with Crippen LogP contribution in [-0.2, 0) is 4.79 Å². The molecule has 3 unspecified atom stereocenters. The lowest BCUT2D eigenvalue weighted by atomic mass is 10.0. The molecule has 1 saturated heterocycles. The number of hydrogen-bond donors (Lipinski definition) is 2. The zero-order valence-electron chi connectivity index (χ0n) is 9.28. The molecule has 0 bridgehead atoms. The maximum atomic E-state index is 12.0. The van der Waals surface area contributed by atoms with Gasteiger partial charge in [-0.25, -0.2) is 0 Å². The van der Waals surface area contributed by atoms with Gasteiger partial charge in [0.15, 0.2) is 0 Å². The van der Waals surface area contributed by atoms with E-state index in [4.69, 9.17) is 18.0 Å². The summed E-state index contributed by atoms with van der Waals surface area (Å²) in [5, 5.41) is 3.28. The fourth-order valence-corrected chi connectivity index (χ4v) is 3.99. The normalized spacial score (nSPS) is 33.9. The lowest BCUT2D eigenvalue weighted by Gasteiger charge is -2.21. The molecule has 1 heterocycles. The molecule has 0 aromatic rings. The Bertz CT molecular complexity index is 290. The number of rotatable bonds is 3. The first-order valence-electron chi connectivity index (χ1n) is 5.90. The topological polar surface area (TPSA) is 55.1 Å². The zero-order chi connectivity index (χ0) is 11.5. The summed E-state index contributed by atoms with van der Waals surface area (Å²) < 4.78 is 0. The van der Waals surface area contributed by atoms with E-state index in [2.05, 4.69) is 5.32 Å². The van der Waals surface area contributed by atoms with Crippen LogP contribution >= 0.6 is 24.0 Å². The van der Waals surface area contributed by atoms with Gasteiger partial charge in [0.2, 0.25) is 5.91 Å². The molecule has 2 fully saturated rings. The highest BCUT2D eigenvalue weighted by atomic mass is 32.2. The second kappa shape index (κ2) is 5.36. The number of carbonyl (C=O) groups excluding carboxylic acids is 1. The number of thiocarbonyl (C=S) groups is 1. The van der Waals surface area contributed by atoms with Gasteiger partial charge in [0, 0.05) is 12.0 Å². The third kappa shape index (κ3) is 2.69. The lowest BCUT2D eigenvalue weighted by molar-refractivity contribution is -0.121. The van der Waals surface area contributed by atoms with Crippen molar-refractivity contribution >= 4 is 34.9 Å². The third-order valence-corrected chi connectivity index (χ3v) is 5.11. The minimum Gasteiger partial charge on any atom is -0.393 e. The van der Waals surface area contributed by atoms with Gasteiger partial charge in [-0.3, -0.25) is 4.79 Å². The quantitative estimate of drug-likeness (QED) is 0.752. The van der Waals surface area contributed by atoms with Crippen molar-refractivity contribution < 1.29 is 4.79 Å². The number of nitrogens with two attached hydrogens (primary N) is 1. The molecular formula is C11H18N2OS2. The van der Waals surface area contributed by atoms with Gasteiger partial charge in [-0.05, 0) is 31.4 Å². The molecular weight excluding hydrogens is 240 g/mol. The highest BCUT2D eigenvalue weighted by Crippen LogP contribution is 2.29. The van der Waals surface area contributed by atoms with E-state index in [1.165, 1.54) is 0 Å². The number of hydrogen-bond acceptors (Lipinski definition) is 3. The van der Waals surface area contributed by atoms with Crippen LogP contribution in [0.4, 0.5) is 0 Å². The zero-order valence-corrected chi connectivity index (χ0v) is 10.9. The fraction of sp³-hybridized carbons (Fsp3) is 0.818. The SMILES string of the molecule is NC(=S)C1CCCC1NC(=O)C1CCCS1. The Morgan fingerprint density at radius 2 is 2.12 bits per heavy atom. The van der Waals surface area contributed by atoms with Crippen LogP contribution in [0, 0.1) is 5.92 Å². The standard InChI is InChI=1S/C11H18N2OS2/c12-10(15)7-3-1-4-8(7)13-11(14)9-5-2-6-16-9/h7-9H,1-6H2,(H2,12,15)(H,13,14). The summed E-state index contributed by atoms with van der Waals surface area (Å²) in [5.41, 5.74) is 5.69. The summed E-state index contributed by atoms with van der Waals surface area (Å²) in [6.45, 7) is 0. The van der Waals surface area contributed by atoms with Gasteiger partial charge in [0.05, 0.1) is 10.2 Å². The van der Waals surface area contributed by atoms with Crippen LogP contribution in [0.3, 0.4) is 0 Å². The number of nitrogens with one attached hydrogen (secondary N) is 1. The predicted octanol–water partition coefficient (Wildman–Crippen LogP) is 1.45. The monoisotopic (exact) mass is 258 g/mol. The maximum absolute atomic E-state index is 12.0. The Hall–Kier alpha value is -0.290. The van der Waals surface area contributed by atoms with Gasteiger partial charge in [-0.15, -0.1) is 11.8 Å². The molecule has 0 radical (unpaired) electrons. The molecule has 2 aliphatic rings. The van der Waals surface area contributed by atoms with Crippen molar-refractivity contribution in [3.05, 3.63) is 0 Å². The van der Waals surface area contributed by atoms with Crippen molar-refractivity contribution in [3.8, 4) is 0 Å². The van der Waals surface area contributed by atoms with E-state index in [1.54, 1.807) is 11.8 Å². The Labute approximate surface area is 106 Å². The average molecular weight is 258 g/mol. The number of amides is 1. The minimum absolute atomic E-state index is 0.160. The Balaban J connectivity index is 1.88. The Kier molecular flexibility index (Phi) is 4.08. The predicted molar refractivity (Wildman–Crippen MR) is 71.5 cm³/mol. The molecule has 5 heteroatoms. The summed E-state index contributed by atoms with van der Waals surface area (Å²) in [4.78, 5) is 12.5. The van der Waals surface area contributed by atoms with Gasteiger partial charge < -0.3 is 11.1 Å². The smallest absolute Gasteiger partial charge is 0.233 e. The lowest BCUT2D eigenvalue weighted by Crippen LogP contribution is -2.44. The molecule has 1 aliphatic heterocycles. The molecule has 1 amide bonds. The summed E-state index contributed by atoms with van der Waals surface area (Å²) in [7, 11) is 0. The first kappa shape index (κ1) is 12.2. The summed E-state index contributed by atoms with van der Waals surface area (Å²) in [5.74, 6) is 1.52. The van der Waals surface area contributed by atoms with Crippen molar-refractivity contribution in [2.75, 3.05) is 5.75 Å². The molecule has 1 aliphatic carbocycles. The molecule has 90 valence electrons. The van der Waals surface area contributed by atoms with E-state index in [0.29, 0.717) is 4.99 Å². The maximum Gasteiger partial charge on any atom is 0.233 e. The summed E-state index contributed by atoms with van der Waals surface area (Å²) >= 11 is 6.81. The highest BCUT2D eigenvalue weighted by Gasteiger charge is 2.33. The molecule has 0 spiro atoms. The van der Waals surface area contributed by atoms with E-state index < -0.39 is 0 Å². The van der Waals surface area contributed by atoms with Crippen LogP contribution in [0.1, 0.15) is 32.1 Å². The van der Waals surface area contributed by atoms with Crippen LogP contribution in [-0.4, -0.2) is 27.9 Å². The van der Waals surface area contributed by atoms with Gasteiger partial charge >= 0.3 is 0 Å². The van der Waals surface area contributed by atoms with Crippen LogP contribution in [0.5, 0.6) is 0 Å². The fourth-order valence-electron chi connectivity index (χ4n) is 2.53. The molecule has 3 N–H and O–H groups in total. The average Bonchev–Trinajstić information content (AvgIpc) is 2.86. The van der Waals surface area contributed by atoms with E-state index >= 15 is 0 Å². The van der Waals surface area contributed by atoms with Crippen LogP contribution in [0.15, 0.2) is 0 Å². The van der Waals surface area contributed by atoms with Crippen molar-refractivity contribution in [3.63, 3.8) is 0 Å².